The number of aromatic nitrogens is 1. The summed E-state index contributed by atoms with van der Waals surface area (Å²) in [6.07, 6.45) is 0. The summed E-state index contributed by atoms with van der Waals surface area (Å²) in [5, 5.41) is 0.682. The van der Waals surface area contributed by atoms with Crippen LogP contribution in [0.1, 0.15) is 22.8 Å². The highest BCUT2D eigenvalue weighted by molar-refractivity contribution is 7.16. The molecule has 0 bridgehead atoms. The van der Waals surface area contributed by atoms with E-state index in [9.17, 15) is 9.59 Å². The molecule has 7 heteroatoms. The van der Waals surface area contributed by atoms with Crippen molar-refractivity contribution in [1.29, 1.82) is 0 Å². The maximum absolute atomic E-state index is 12.8. The van der Waals surface area contributed by atoms with E-state index in [2.05, 4.69) is 11.1 Å². The first-order chi connectivity index (χ1) is 14.1. The Hall–Kier alpha value is -3.03. The van der Waals surface area contributed by atoms with Crippen LogP contribution in [0.15, 0.2) is 62.7 Å². The standard InChI is InChI=1S/C22H20N2O4S/c1-3-27-11-10-24-17-9-8-14(2)12-19(17)29-22(24)23-20(25)16-13-15-6-4-5-7-18(15)28-21(16)26/h4-9,12-13H,3,10-11H2,1-2H3. The highest BCUT2D eigenvalue weighted by atomic mass is 32.1. The lowest BCUT2D eigenvalue weighted by molar-refractivity contribution is 0.0993. The normalized spacial score (nSPS) is 12.1. The second-order valence-electron chi connectivity index (χ2n) is 6.61. The first-order valence-corrected chi connectivity index (χ1v) is 10.2. The van der Waals surface area contributed by atoms with Crippen molar-refractivity contribution in [3.05, 3.63) is 74.9 Å². The van der Waals surface area contributed by atoms with Crippen LogP contribution in [-0.4, -0.2) is 23.7 Å². The minimum atomic E-state index is -0.685. The number of hydrogen-bond acceptors (Lipinski definition) is 5. The molecule has 0 N–H and O–H groups in total. The molecule has 0 saturated carbocycles. The number of para-hydroxylation sites is 1. The largest absolute Gasteiger partial charge is 0.422 e. The Bertz CT molecular complexity index is 1330. The quantitative estimate of drug-likeness (QED) is 0.371. The fourth-order valence-electron chi connectivity index (χ4n) is 3.14. The van der Waals surface area contributed by atoms with Crippen molar-refractivity contribution >= 4 is 38.4 Å². The Morgan fingerprint density at radius 1 is 1.21 bits per heavy atom. The zero-order valence-corrected chi connectivity index (χ0v) is 17.0. The molecule has 0 saturated heterocycles. The summed E-state index contributed by atoms with van der Waals surface area (Å²) in [4.78, 5) is 29.9. The van der Waals surface area contributed by atoms with Crippen molar-refractivity contribution in [3.63, 3.8) is 0 Å². The monoisotopic (exact) mass is 408 g/mol. The van der Waals surface area contributed by atoms with E-state index in [1.54, 1.807) is 18.2 Å². The summed E-state index contributed by atoms with van der Waals surface area (Å²) in [5.74, 6) is -0.613. The first kappa shape index (κ1) is 19.3. The maximum Gasteiger partial charge on any atom is 0.349 e. The third-order valence-electron chi connectivity index (χ3n) is 4.57. The molecule has 2 aromatic heterocycles. The molecule has 6 nitrogen and oxygen atoms in total. The number of rotatable bonds is 5. The number of hydrogen-bond donors (Lipinski definition) is 0. The number of fused-ring (bicyclic) bond motifs is 2. The smallest absolute Gasteiger partial charge is 0.349 e. The summed E-state index contributed by atoms with van der Waals surface area (Å²) in [5.41, 5.74) is 1.79. The summed E-state index contributed by atoms with van der Waals surface area (Å²) in [6.45, 7) is 5.65. The van der Waals surface area contributed by atoms with Crippen LogP contribution in [0.25, 0.3) is 21.2 Å². The van der Waals surface area contributed by atoms with E-state index in [-0.39, 0.29) is 5.56 Å². The molecule has 2 aromatic carbocycles. The van der Waals surface area contributed by atoms with Crippen molar-refractivity contribution in [2.75, 3.05) is 13.2 Å². The zero-order chi connectivity index (χ0) is 20.4. The predicted octanol–water partition coefficient (Wildman–Crippen LogP) is 3.90. The molecule has 4 rings (SSSR count). The number of aryl methyl sites for hydroxylation is 1. The molecule has 0 unspecified atom stereocenters. The third-order valence-corrected chi connectivity index (χ3v) is 5.61. The summed E-state index contributed by atoms with van der Waals surface area (Å²) >= 11 is 1.42. The average Bonchev–Trinajstić information content (AvgIpc) is 3.03. The number of amides is 1. The van der Waals surface area contributed by atoms with Gasteiger partial charge < -0.3 is 13.7 Å². The number of ether oxygens (including phenoxy) is 1. The fourth-order valence-corrected chi connectivity index (χ4v) is 4.29. The highest BCUT2D eigenvalue weighted by Gasteiger charge is 2.14. The molecule has 0 atom stereocenters. The molecular formula is C22H20N2O4S. The van der Waals surface area contributed by atoms with Gasteiger partial charge in [-0.15, -0.1) is 0 Å². The van der Waals surface area contributed by atoms with Gasteiger partial charge in [0.2, 0.25) is 0 Å². The van der Waals surface area contributed by atoms with Crippen molar-refractivity contribution < 1.29 is 13.9 Å². The van der Waals surface area contributed by atoms with E-state index in [1.165, 1.54) is 17.4 Å². The van der Waals surface area contributed by atoms with Gasteiger partial charge in [0.15, 0.2) is 4.80 Å². The van der Waals surface area contributed by atoms with E-state index < -0.39 is 11.5 Å². The lowest BCUT2D eigenvalue weighted by Gasteiger charge is -2.05. The fraction of sp³-hybridized carbons (Fsp3) is 0.227. The van der Waals surface area contributed by atoms with Crippen LogP contribution < -0.4 is 10.4 Å². The van der Waals surface area contributed by atoms with Crippen molar-refractivity contribution in [1.82, 2.24) is 4.57 Å². The maximum atomic E-state index is 12.8. The molecule has 0 fully saturated rings. The number of carbonyl (C=O) groups excluding carboxylic acids is 1. The molecule has 0 aliphatic heterocycles. The van der Waals surface area contributed by atoms with Gasteiger partial charge in [0.1, 0.15) is 11.1 Å². The minimum Gasteiger partial charge on any atom is -0.422 e. The van der Waals surface area contributed by atoms with Crippen LogP contribution in [0.4, 0.5) is 0 Å². The van der Waals surface area contributed by atoms with Crippen LogP contribution >= 0.6 is 11.3 Å². The number of benzene rings is 2. The third kappa shape index (κ3) is 3.92. The van der Waals surface area contributed by atoms with Gasteiger partial charge in [-0.1, -0.05) is 35.6 Å². The Balaban J connectivity index is 1.82. The van der Waals surface area contributed by atoms with Crippen LogP contribution in [0, 0.1) is 6.92 Å². The van der Waals surface area contributed by atoms with Gasteiger partial charge in [0, 0.05) is 18.5 Å². The van der Waals surface area contributed by atoms with Crippen LogP contribution in [0.5, 0.6) is 0 Å². The van der Waals surface area contributed by atoms with Gasteiger partial charge in [-0.3, -0.25) is 4.79 Å². The molecule has 0 aliphatic carbocycles. The summed E-state index contributed by atoms with van der Waals surface area (Å²) in [7, 11) is 0. The Morgan fingerprint density at radius 3 is 2.86 bits per heavy atom. The van der Waals surface area contributed by atoms with Gasteiger partial charge in [-0.25, -0.2) is 4.79 Å². The van der Waals surface area contributed by atoms with Crippen molar-refractivity contribution in [2.24, 2.45) is 4.99 Å². The lowest BCUT2D eigenvalue weighted by Crippen LogP contribution is -2.21. The molecule has 2 heterocycles. The summed E-state index contributed by atoms with van der Waals surface area (Å²) < 4.78 is 13.7. The van der Waals surface area contributed by atoms with E-state index >= 15 is 0 Å². The van der Waals surface area contributed by atoms with Crippen molar-refractivity contribution in [2.45, 2.75) is 20.4 Å². The van der Waals surface area contributed by atoms with Crippen molar-refractivity contribution in [3.8, 4) is 0 Å². The van der Waals surface area contributed by atoms with E-state index in [0.717, 1.165) is 15.8 Å². The zero-order valence-electron chi connectivity index (χ0n) is 16.2. The van der Waals surface area contributed by atoms with E-state index in [0.29, 0.717) is 35.5 Å². The lowest BCUT2D eigenvalue weighted by atomic mass is 10.2. The van der Waals surface area contributed by atoms with E-state index in [4.69, 9.17) is 9.15 Å². The predicted molar refractivity (Wildman–Crippen MR) is 113 cm³/mol. The second-order valence-corrected chi connectivity index (χ2v) is 7.62. The van der Waals surface area contributed by atoms with Crippen LogP contribution in [0.2, 0.25) is 0 Å². The molecule has 29 heavy (non-hydrogen) atoms. The number of thiazole rings is 1. The van der Waals surface area contributed by atoms with Gasteiger partial charge in [0.25, 0.3) is 5.91 Å². The molecule has 148 valence electrons. The highest BCUT2D eigenvalue weighted by Crippen LogP contribution is 2.19. The average molecular weight is 408 g/mol. The second kappa shape index (κ2) is 8.14. The molecule has 0 spiro atoms. The summed E-state index contributed by atoms with van der Waals surface area (Å²) in [6, 6.07) is 14.7. The Kier molecular flexibility index (Phi) is 5.42. The van der Waals surface area contributed by atoms with Crippen LogP contribution in [0.3, 0.4) is 0 Å². The molecule has 4 aromatic rings. The molecule has 0 aliphatic rings. The molecule has 0 radical (unpaired) electrons. The molecule has 1 amide bonds. The number of nitrogens with zero attached hydrogens (tertiary/aromatic N) is 2. The van der Waals surface area contributed by atoms with E-state index in [1.807, 2.05) is 36.6 Å². The van der Waals surface area contributed by atoms with Gasteiger partial charge >= 0.3 is 5.63 Å². The van der Waals surface area contributed by atoms with Gasteiger partial charge in [0.05, 0.1) is 16.8 Å². The van der Waals surface area contributed by atoms with Gasteiger partial charge in [-0.2, -0.15) is 4.99 Å². The van der Waals surface area contributed by atoms with Gasteiger partial charge in [-0.05, 0) is 43.7 Å². The molecular weight excluding hydrogens is 388 g/mol. The number of carbonyl (C=O) groups is 1. The minimum absolute atomic E-state index is 0.0753. The first-order valence-electron chi connectivity index (χ1n) is 9.36. The van der Waals surface area contributed by atoms with Crippen LogP contribution in [-0.2, 0) is 11.3 Å². The Morgan fingerprint density at radius 2 is 2.03 bits per heavy atom. The SMILES string of the molecule is CCOCCn1c(=NC(=O)c2cc3ccccc3oc2=O)sc2cc(C)ccc21. The Labute approximate surface area is 170 Å². The topological polar surface area (TPSA) is 73.8 Å².